The Labute approximate surface area is 115 Å². The number of fused-ring (bicyclic) bond motifs is 1. The molecule has 2 nitrogen and oxygen atoms in total. The maximum absolute atomic E-state index is 10.9. The summed E-state index contributed by atoms with van der Waals surface area (Å²) < 4.78 is 6.49. The van der Waals surface area contributed by atoms with Crippen molar-refractivity contribution in [3.63, 3.8) is 0 Å². The molecule has 0 saturated heterocycles. The minimum atomic E-state index is -0.776. The molecule has 1 atom stereocenters. The van der Waals surface area contributed by atoms with Gasteiger partial charge in [-0.1, -0.05) is 28.1 Å². The van der Waals surface area contributed by atoms with Gasteiger partial charge in [0.15, 0.2) is 0 Å². The molecule has 0 spiro atoms. The normalized spacial score (nSPS) is 22.8. The molecule has 94 valence electrons. The van der Waals surface area contributed by atoms with E-state index in [1.165, 1.54) is 0 Å². The van der Waals surface area contributed by atoms with E-state index in [0.717, 1.165) is 40.6 Å². The van der Waals surface area contributed by atoms with Crippen molar-refractivity contribution in [3.8, 4) is 0 Å². The molecule has 2 aromatic rings. The van der Waals surface area contributed by atoms with Gasteiger partial charge in [0.25, 0.3) is 0 Å². The maximum Gasteiger partial charge on any atom is 0.109 e. The molecule has 1 heterocycles. The number of halogens is 1. The molecule has 0 radical (unpaired) electrons. The number of hydrogen-bond donors (Lipinski definition) is 1. The van der Waals surface area contributed by atoms with Gasteiger partial charge in [-0.2, -0.15) is 0 Å². The largest absolute Gasteiger partial charge is 0.469 e. The highest BCUT2D eigenvalue weighted by Gasteiger charge is 2.36. The van der Waals surface area contributed by atoms with Crippen molar-refractivity contribution in [1.82, 2.24) is 0 Å². The van der Waals surface area contributed by atoms with E-state index in [1.54, 1.807) is 6.26 Å². The average Bonchev–Trinajstić information content (AvgIpc) is 2.78. The summed E-state index contributed by atoms with van der Waals surface area (Å²) in [5.41, 5.74) is 1.33. The molecule has 1 unspecified atom stereocenters. The lowest BCUT2D eigenvalue weighted by molar-refractivity contribution is 0.0168. The van der Waals surface area contributed by atoms with Crippen LogP contribution < -0.4 is 0 Å². The summed E-state index contributed by atoms with van der Waals surface area (Å²) in [6, 6.07) is 10.0. The predicted octanol–water partition coefficient (Wildman–Crippen LogP) is 3.81. The van der Waals surface area contributed by atoms with E-state index in [2.05, 4.69) is 28.1 Å². The number of aliphatic hydroxyl groups is 1. The van der Waals surface area contributed by atoms with E-state index in [1.807, 2.05) is 18.2 Å². The highest BCUT2D eigenvalue weighted by molar-refractivity contribution is 9.10. The highest BCUT2D eigenvalue weighted by atomic mass is 79.9. The van der Waals surface area contributed by atoms with E-state index in [-0.39, 0.29) is 0 Å². The first-order chi connectivity index (χ1) is 8.67. The summed E-state index contributed by atoms with van der Waals surface area (Å²) in [5.74, 6) is 0.943. The fourth-order valence-electron chi connectivity index (χ4n) is 2.79. The van der Waals surface area contributed by atoms with Crippen molar-refractivity contribution in [2.24, 2.45) is 0 Å². The van der Waals surface area contributed by atoms with Gasteiger partial charge >= 0.3 is 0 Å². The van der Waals surface area contributed by atoms with Crippen LogP contribution in [-0.2, 0) is 18.4 Å². The quantitative estimate of drug-likeness (QED) is 0.915. The minimum absolute atomic E-state index is 0.638. The fourth-order valence-corrected chi connectivity index (χ4v) is 3.24. The summed E-state index contributed by atoms with van der Waals surface area (Å²) in [7, 11) is 0. The second kappa shape index (κ2) is 4.56. The average molecular weight is 307 g/mol. The monoisotopic (exact) mass is 306 g/mol. The smallest absolute Gasteiger partial charge is 0.109 e. The molecule has 0 amide bonds. The van der Waals surface area contributed by atoms with Gasteiger partial charge in [0.1, 0.15) is 5.76 Å². The van der Waals surface area contributed by atoms with Gasteiger partial charge in [0.2, 0.25) is 0 Å². The molecule has 1 aromatic heterocycles. The molecular weight excluding hydrogens is 292 g/mol. The summed E-state index contributed by atoms with van der Waals surface area (Å²) in [4.78, 5) is 0. The topological polar surface area (TPSA) is 33.4 Å². The molecule has 18 heavy (non-hydrogen) atoms. The van der Waals surface area contributed by atoms with E-state index in [0.29, 0.717) is 6.42 Å². The van der Waals surface area contributed by atoms with Crippen LogP contribution in [0.2, 0.25) is 0 Å². The number of hydrogen-bond acceptors (Lipinski definition) is 2. The minimum Gasteiger partial charge on any atom is -0.469 e. The Morgan fingerprint density at radius 2 is 2.22 bits per heavy atom. The van der Waals surface area contributed by atoms with Gasteiger partial charge in [-0.05, 0) is 36.6 Å². The van der Waals surface area contributed by atoms with Crippen LogP contribution in [0.15, 0.2) is 45.5 Å². The lowest BCUT2D eigenvalue weighted by atomic mass is 9.79. The third-order valence-corrected chi connectivity index (χ3v) is 4.12. The first kappa shape index (κ1) is 12.0. The van der Waals surface area contributed by atoms with E-state index < -0.39 is 5.60 Å². The van der Waals surface area contributed by atoms with Crippen LogP contribution in [0.3, 0.4) is 0 Å². The zero-order valence-electron chi connectivity index (χ0n) is 10.0. The first-order valence-electron chi connectivity index (χ1n) is 6.21. The van der Waals surface area contributed by atoms with Crippen LogP contribution in [0.4, 0.5) is 0 Å². The molecule has 3 heteroatoms. The molecule has 1 N–H and O–H groups in total. The maximum atomic E-state index is 10.9. The van der Waals surface area contributed by atoms with Crippen molar-refractivity contribution in [3.05, 3.63) is 58.0 Å². The molecular formula is C15H15BrO2. The van der Waals surface area contributed by atoms with E-state index in [9.17, 15) is 5.11 Å². The van der Waals surface area contributed by atoms with Gasteiger partial charge in [-0.3, -0.25) is 0 Å². The summed E-state index contributed by atoms with van der Waals surface area (Å²) in [5, 5.41) is 10.9. The molecule has 1 aliphatic carbocycles. The Bertz CT molecular complexity index is 561. The number of furan rings is 1. The third kappa shape index (κ3) is 2.13. The SMILES string of the molecule is OC1(Cc2cccc(Br)c2)CCCc2occc21. The number of rotatable bonds is 2. The Hall–Kier alpha value is -1.06. The zero-order chi connectivity index (χ0) is 12.6. The van der Waals surface area contributed by atoms with E-state index in [4.69, 9.17) is 4.42 Å². The Morgan fingerprint density at radius 1 is 1.33 bits per heavy atom. The van der Waals surface area contributed by atoms with Crippen LogP contribution in [0.5, 0.6) is 0 Å². The molecule has 1 aliphatic rings. The number of aryl methyl sites for hydroxylation is 1. The van der Waals surface area contributed by atoms with Crippen LogP contribution in [0, 0.1) is 0 Å². The van der Waals surface area contributed by atoms with Crippen LogP contribution in [0.1, 0.15) is 29.7 Å². The molecule has 0 saturated carbocycles. The molecule has 0 aliphatic heterocycles. The standard InChI is InChI=1S/C15H15BrO2/c16-12-4-1-3-11(9-12)10-15(17)7-2-5-14-13(15)6-8-18-14/h1,3-4,6,8-9,17H,2,5,7,10H2. The summed E-state index contributed by atoms with van der Waals surface area (Å²) >= 11 is 3.47. The molecule has 3 rings (SSSR count). The van der Waals surface area contributed by atoms with E-state index >= 15 is 0 Å². The third-order valence-electron chi connectivity index (χ3n) is 3.63. The fraction of sp³-hybridized carbons (Fsp3) is 0.333. The Balaban J connectivity index is 1.93. The van der Waals surface area contributed by atoms with Crippen molar-refractivity contribution in [2.75, 3.05) is 0 Å². The lowest BCUT2D eigenvalue weighted by Crippen LogP contribution is -2.32. The van der Waals surface area contributed by atoms with Gasteiger partial charge in [0.05, 0.1) is 11.9 Å². The summed E-state index contributed by atoms with van der Waals surface area (Å²) in [6.45, 7) is 0. The number of benzene rings is 1. The zero-order valence-corrected chi connectivity index (χ0v) is 11.6. The lowest BCUT2D eigenvalue weighted by Gasteiger charge is -2.31. The predicted molar refractivity (Wildman–Crippen MR) is 73.4 cm³/mol. The Kier molecular flexibility index (Phi) is 3.04. The van der Waals surface area contributed by atoms with Crippen molar-refractivity contribution < 1.29 is 9.52 Å². The molecule has 1 aromatic carbocycles. The van der Waals surface area contributed by atoms with Crippen LogP contribution in [-0.4, -0.2) is 5.11 Å². The van der Waals surface area contributed by atoms with Gasteiger partial charge in [-0.15, -0.1) is 0 Å². The Morgan fingerprint density at radius 3 is 3.06 bits per heavy atom. The van der Waals surface area contributed by atoms with Crippen LogP contribution >= 0.6 is 15.9 Å². The second-order valence-electron chi connectivity index (χ2n) is 4.95. The van der Waals surface area contributed by atoms with Crippen molar-refractivity contribution in [1.29, 1.82) is 0 Å². The van der Waals surface area contributed by atoms with Gasteiger partial charge in [0, 0.05) is 22.9 Å². The second-order valence-corrected chi connectivity index (χ2v) is 5.86. The van der Waals surface area contributed by atoms with Gasteiger partial charge in [-0.25, -0.2) is 0 Å². The highest BCUT2D eigenvalue weighted by Crippen LogP contribution is 2.38. The van der Waals surface area contributed by atoms with Crippen molar-refractivity contribution in [2.45, 2.75) is 31.3 Å². The van der Waals surface area contributed by atoms with Crippen molar-refractivity contribution >= 4 is 15.9 Å². The first-order valence-corrected chi connectivity index (χ1v) is 7.00. The van der Waals surface area contributed by atoms with Gasteiger partial charge < -0.3 is 9.52 Å². The summed E-state index contributed by atoms with van der Waals surface area (Å²) in [6.07, 6.45) is 5.03. The molecule has 0 fully saturated rings. The van der Waals surface area contributed by atoms with Crippen LogP contribution in [0.25, 0.3) is 0 Å². The molecule has 0 bridgehead atoms.